The van der Waals surface area contributed by atoms with Crippen LogP contribution in [0.2, 0.25) is 0 Å². The molecule has 2 aromatic rings. The summed E-state index contributed by atoms with van der Waals surface area (Å²) in [4.78, 5) is 66.9. The molecule has 1 aliphatic rings. The number of amides is 4. The number of rotatable bonds is 13. The highest BCUT2D eigenvalue weighted by Gasteiger charge is 2.32. The standard InChI is InChI=1S/C35H46N4O7/c1-24(2)19-29(37-34(43)45-22-26-13-7-5-8-14-26)32(41)36-28-17-11-12-18-39(21-31(28)40)33(42)30(20-25(3)4)38-35(44)46-23-27-15-9-6-10-16-27/h5-11,13-17,24-25,28-30H,12,18-23H2,1-4H3,(H,36,41)(H,37,43)(H,38,44)/b17-11-/t28?,29-,30-/m0/s1. The fraction of sp³-hybridized carbons (Fsp3) is 0.457. The van der Waals surface area contributed by atoms with E-state index < -0.39 is 47.9 Å². The lowest BCUT2D eigenvalue weighted by Gasteiger charge is -2.30. The van der Waals surface area contributed by atoms with Crippen LogP contribution in [0, 0.1) is 11.8 Å². The molecule has 0 saturated heterocycles. The van der Waals surface area contributed by atoms with Gasteiger partial charge in [-0.1, -0.05) is 101 Å². The van der Waals surface area contributed by atoms with Crippen molar-refractivity contribution >= 4 is 29.8 Å². The molecule has 1 heterocycles. The first-order valence-corrected chi connectivity index (χ1v) is 15.7. The third-order valence-corrected chi connectivity index (χ3v) is 7.24. The Morgan fingerprint density at radius 2 is 1.28 bits per heavy atom. The molecule has 0 aliphatic carbocycles. The van der Waals surface area contributed by atoms with Crippen LogP contribution in [0.1, 0.15) is 58.1 Å². The number of carbonyl (C=O) groups is 5. The molecule has 3 N–H and O–H groups in total. The second-order valence-corrected chi connectivity index (χ2v) is 12.2. The Bertz CT molecular complexity index is 1330. The number of benzene rings is 2. The lowest BCUT2D eigenvalue weighted by atomic mass is 10.0. The Balaban J connectivity index is 1.61. The molecular formula is C35H46N4O7. The third-order valence-electron chi connectivity index (χ3n) is 7.24. The van der Waals surface area contributed by atoms with Gasteiger partial charge in [-0.25, -0.2) is 9.59 Å². The zero-order valence-electron chi connectivity index (χ0n) is 27.1. The molecule has 3 rings (SSSR count). The van der Waals surface area contributed by atoms with E-state index in [1.165, 1.54) is 4.90 Å². The van der Waals surface area contributed by atoms with Crippen LogP contribution < -0.4 is 16.0 Å². The summed E-state index contributed by atoms with van der Waals surface area (Å²) < 4.78 is 10.6. The van der Waals surface area contributed by atoms with Crippen molar-refractivity contribution in [1.82, 2.24) is 20.9 Å². The van der Waals surface area contributed by atoms with Crippen molar-refractivity contribution in [2.45, 2.75) is 78.3 Å². The van der Waals surface area contributed by atoms with Crippen molar-refractivity contribution in [3.05, 3.63) is 83.9 Å². The molecule has 11 nitrogen and oxygen atoms in total. The number of nitrogens with one attached hydrogen (secondary N) is 3. The number of Topliss-reactive ketones (excluding diaryl/α,β-unsaturated/α-hetero) is 1. The van der Waals surface area contributed by atoms with E-state index in [9.17, 15) is 24.0 Å². The number of carbonyl (C=O) groups excluding carboxylic acids is 5. The van der Waals surface area contributed by atoms with Gasteiger partial charge in [0.2, 0.25) is 11.8 Å². The number of nitrogens with zero attached hydrogens (tertiary/aromatic N) is 1. The molecule has 1 aliphatic heterocycles. The van der Waals surface area contributed by atoms with Crippen molar-refractivity contribution in [2.75, 3.05) is 13.1 Å². The van der Waals surface area contributed by atoms with Crippen molar-refractivity contribution in [3.8, 4) is 0 Å². The zero-order valence-corrected chi connectivity index (χ0v) is 27.1. The topological polar surface area (TPSA) is 143 Å². The average Bonchev–Trinajstić information content (AvgIpc) is 3.02. The molecule has 3 atom stereocenters. The van der Waals surface area contributed by atoms with Gasteiger partial charge >= 0.3 is 12.2 Å². The van der Waals surface area contributed by atoms with Gasteiger partial charge in [0, 0.05) is 6.54 Å². The van der Waals surface area contributed by atoms with Crippen LogP contribution in [0.4, 0.5) is 9.59 Å². The van der Waals surface area contributed by atoms with Gasteiger partial charge in [-0.15, -0.1) is 0 Å². The molecule has 0 radical (unpaired) electrons. The lowest BCUT2D eigenvalue weighted by molar-refractivity contribution is -0.138. The van der Waals surface area contributed by atoms with Gasteiger partial charge in [0.1, 0.15) is 31.3 Å². The average molecular weight is 635 g/mol. The highest BCUT2D eigenvalue weighted by Crippen LogP contribution is 2.13. The molecule has 46 heavy (non-hydrogen) atoms. The third kappa shape index (κ3) is 12.4. The first-order chi connectivity index (χ1) is 22.0. The summed E-state index contributed by atoms with van der Waals surface area (Å²) in [5.41, 5.74) is 1.62. The summed E-state index contributed by atoms with van der Waals surface area (Å²) in [5.74, 6) is -1.20. The van der Waals surface area contributed by atoms with E-state index in [-0.39, 0.29) is 38.1 Å². The van der Waals surface area contributed by atoms with Gasteiger partial charge in [0.15, 0.2) is 5.78 Å². The number of ether oxygens (including phenoxy) is 2. The number of ketones is 1. The summed E-state index contributed by atoms with van der Waals surface area (Å²) in [6, 6.07) is 15.5. The second kappa shape index (κ2) is 18.3. The highest BCUT2D eigenvalue weighted by molar-refractivity contribution is 5.96. The maximum atomic E-state index is 13.6. The van der Waals surface area contributed by atoms with Crippen LogP contribution >= 0.6 is 0 Å². The van der Waals surface area contributed by atoms with Gasteiger partial charge in [0.25, 0.3) is 0 Å². The van der Waals surface area contributed by atoms with Gasteiger partial charge < -0.3 is 30.3 Å². The molecular weight excluding hydrogens is 588 g/mol. The molecule has 1 unspecified atom stereocenters. The maximum absolute atomic E-state index is 13.6. The summed E-state index contributed by atoms with van der Waals surface area (Å²) >= 11 is 0. The van der Waals surface area contributed by atoms with Crippen LogP contribution in [0.5, 0.6) is 0 Å². The van der Waals surface area contributed by atoms with Crippen molar-refractivity contribution in [3.63, 3.8) is 0 Å². The summed E-state index contributed by atoms with van der Waals surface area (Å²) in [5, 5.41) is 8.04. The Morgan fingerprint density at radius 1 is 0.783 bits per heavy atom. The predicted octanol–water partition coefficient (Wildman–Crippen LogP) is 4.51. The van der Waals surface area contributed by atoms with Gasteiger partial charge in [-0.2, -0.15) is 0 Å². The molecule has 0 fully saturated rings. The van der Waals surface area contributed by atoms with Crippen LogP contribution in [0.25, 0.3) is 0 Å². The van der Waals surface area contributed by atoms with Gasteiger partial charge in [0.05, 0.1) is 6.54 Å². The van der Waals surface area contributed by atoms with E-state index in [2.05, 4.69) is 16.0 Å². The maximum Gasteiger partial charge on any atom is 0.408 e. The van der Waals surface area contributed by atoms with E-state index in [1.807, 2.05) is 88.4 Å². The quantitative estimate of drug-likeness (QED) is 0.275. The minimum absolute atomic E-state index is 0.0494. The number of hydrogen-bond donors (Lipinski definition) is 3. The van der Waals surface area contributed by atoms with Gasteiger partial charge in [-0.05, 0) is 42.2 Å². The largest absolute Gasteiger partial charge is 0.445 e. The lowest BCUT2D eigenvalue weighted by Crippen LogP contribution is -2.55. The highest BCUT2D eigenvalue weighted by atomic mass is 16.6. The van der Waals surface area contributed by atoms with Crippen LogP contribution in [-0.2, 0) is 37.1 Å². The number of hydrogen-bond acceptors (Lipinski definition) is 7. The minimum Gasteiger partial charge on any atom is -0.445 e. The summed E-state index contributed by atoms with van der Waals surface area (Å²) in [6.45, 7) is 7.81. The Labute approximate surface area is 271 Å². The zero-order chi connectivity index (χ0) is 33.5. The van der Waals surface area contributed by atoms with E-state index in [0.29, 0.717) is 19.3 Å². The first kappa shape index (κ1) is 35.8. The summed E-state index contributed by atoms with van der Waals surface area (Å²) in [6.07, 6.45) is 2.99. The van der Waals surface area contributed by atoms with E-state index in [0.717, 1.165) is 11.1 Å². The normalized spacial score (nSPS) is 16.9. The Morgan fingerprint density at radius 3 is 1.80 bits per heavy atom. The second-order valence-electron chi connectivity index (χ2n) is 12.2. The SMILES string of the molecule is CC(C)C[C@H](NC(=O)OCc1ccccc1)C(=O)NC1/C=C\CCN(C(=O)[C@H](CC(C)C)NC(=O)OCc2ccccc2)CC1=O. The molecule has 4 amide bonds. The van der Waals surface area contributed by atoms with Gasteiger partial charge in [-0.3, -0.25) is 14.4 Å². The fourth-order valence-electron chi connectivity index (χ4n) is 4.94. The van der Waals surface area contributed by atoms with Crippen LogP contribution in [0.15, 0.2) is 72.8 Å². The predicted molar refractivity (Wildman–Crippen MR) is 173 cm³/mol. The molecule has 0 saturated carbocycles. The Kier molecular flexibility index (Phi) is 14.3. The van der Waals surface area contributed by atoms with E-state index in [4.69, 9.17) is 9.47 Å². The monoisotopic (exact) mass is 634 g/mol. The molecule has 2 aromatic carbocycles. The molecule has 0 spiro atoms. The van der Waals surface area contributed by atoms with Crippen molar-refractivity contribution < 1.29 is 33.4 Å². The number of alkyl carbamates (subject to hydrolysis) is 2. The van der Waals surface area contributed by atoms with E-state index >= 15 is 0 Å². The van der Waals surface area contributed by atoms with Crippen molar-refractivity contribution in [1.29, 1.82) is 0 Å². The van der Waals surface area contributed by atoms with Crippen LogP contribution in [-0.4, -0.2) is 65.9 Å². The summed E-state index contributed by atoms with van der Waals surface area (Å²) in [7, 11) is 0. The minimum atomic E-state index is -1.01. The van der Waals surface area contributed by atoms with E-state index in [1.54, 1.807) is 12.2 Å². The molecule has 248 valence electrons. The van der Waals surface area contributed by atoms with Crippen molar-refractivity contribution in [2.24, 2.45) is 11.8 Å². The first-order valence-electron chi connectivity index (χ1n) is 15.7. The smallest absolute Gasteiger partial charge is 0.408 e. The molecule has 11 heteroatoms. The fourth-order valence-corrected chi connectivity index (χ4v) is 4.94. The Hall–Kier alpha value is -4.67. The van der Waals surface area contributed by atoms with Crippen LogP contribution in [0.3, 0.4) is 0 Å². The molecule has 0 bridgehead atoms. The molecule has 0 aromatic heterocycles.